The van der Waals surface area contributed by atoms with Gasteiger partial charge in [-0.2, -0.15) is 0 Å². The van der Waals surface area contributed by atoms with E-state index in [9.17, 15) is 9.90 Å². The highest BCUT2D eigenvalue weighted by Gasteiger charge is 2.28. The lowest BCUT2D eigenvalue weighted by Crippen LogP contribution is -2.50. The normalized spacial score (nSPS) is 33.0. The minimum atomic E-state index is -1.51. The first-order valence-electron chi connectivity index (χ1n) is 2.33. The van der Waals surface area contributed by atoms with Crippen LogP contribution in [0.15, 0.2) is 4.99 Å². The van der Waals surface area contributed by atoms with Gasteiger partial charge >= 0.3 is 0 Å². The van der Waals surface area contributed by atoms with Crippen molar-refractivity contribution < 1.29 is 9.90 Å². The van der Waals surface area contributed by atoms with Gasteiger partial charge in [-0.25, -0.2) is 0 Å². The standard InChI is InChI=1S/C4H6N2O2S/c5-4(3(7)8)6-1-2-9-4/h1H,2,5H2,(H,7,8)/p-1/t4-/m0/s1. The molecule has 1 rings (SSSR count). The summed E-state index contributed by atoms with van der Waals surface area (Å²) in [5.41, 5.74) is 5.20. The molecule has 0 saturated heterocycles. The quantitative estimate of drug-likeness (QED) is 0.470. The lowest BCUT2D eigenvalue weighted by Gasteiger charge is -2.19. The fourth-order valence-corrected chi connectivity index (χ4v) is 1.16. The predicted molar refractivity (Wildman–Crippen MR) is 32.9 cm³/mol. The van der Waals surface area contributed by atoms with Crippen molar-refractivity contribution in [1.29, 1.82) is 0 Å². The van der Waals surface area contributed by atoms with Crippen LogP contribution in [0.2, 0.25) is 0 Å². The summed E-state index contributed by atoms with van der Waals surface area (Å²) >= 11 is 1.05. The lowest BCUT2D eigenvalue weighted by atomic mass is 10.5. The molecule has 0 amide bonds. The number of nitrogens with zero attached hydrogens (tertiary/aromatic N) is 1. The van der Waals surface area contributed by atoms with Crippen molar-refractivity contribution in [3.8, 4) is 0 Å². The lowest BCUT2D eigenvalue weighted by molar-refractivity contribution is -0.308. The molecule has 9 heavy (non-hydrogen) atoms. The Hall–Kier alpha value is -0.550. The second kappa shape index (κ2) is 2.00. The molecule has 50 valence electrons. The fourth-order valence-electron chi connectivity index (χ4n) is 0.486. The van der Waals surface area contributed by atoms with Crippen LogP contribution in [0.1, 0.15) is 0 Å². The molecular formula is C4H5N2O2S-. The zero-order valence-corrected chi connectivity index (χ0v) is 5.35. The minimum absolute atomic E-state index is 0.546. The number of carboxylic acid groups (broad SMARTS) is 1. The Morgan fingerprint density at radius 3 is 2.89 bits per heavy atom. The molecule has 0 aromatic heterocycles. The number of rotatable bonds is 1. The van der Waals surface area contributed by atoms with Crippen LogP contribution < -0.4 is 10.8 Å². The van der Waals surface area contributed by atoms with Crippen LogP contribution in [0.3, 0.4) is 0 Å². The van der Waals surface area contributed by atoms with Gasteiger partial charge in [0, 0.05) is 12.0 Å². The number of aliphatic carboxylic acids is 1. The molecule has 1 aliphatic heterocycles. The van der Waals surface area contributed by atoms with E-state index in [0.29, 0.717) is 5.75 Å². The number of hydrogen-bond acceptors (Lipinski definition) is 5. The van der Waals surface area contributed by atoms with Gasteiger partial charge in [0.15, 0.2) is 4.99 Å². The van der Waals surface area contributed by atoms with Crippen molar-refractivity contribution in [3.63, 3.8) is 0 Å². The molecule has 0 fully saturated rings. The van der Waals surface area contributed by atoms with Crippen LogP contribution in [0.5, 0.6) is 0 Å². The number of hydrogen-bond donors (Lipinski definition) is 1. The van der Waals surface area contributed by atoms with Gasteiger partial charge in [-0.1, -0.05) is 0 Å². The van der Waals surface area contributed by atoms with Crippen molar-refractivity contribution in [2.45, 2.75) is 4.99 Å². The first-order valence-corrected chi connectivity index (χ1v) is 3.32. The molecule has 1 aliphatic rings. The molecule has 0 aromatic carbocycles. The van der Waals surface area contributed by atoms with E-state index in [1.807, 2.05) is 0 Å². The summed E-state index contributed by atoms with van der Waals surface area (Å²) < 4.78 is 0. The predicted octanol–water partition coefficient (Wildman–Crippen LogP) is -1.83. The molecule has 0 unspecified atom stereocenters. The number of thioether (sulfide) groups is 1. The SMILES string of the molecule is N[C@@]1(C(=O)[O-])N=CCS1. The summed E-state index contributed by atoms with van der Waals surface area (Å²) in [7, 11) is 0. The summed E-state index contributed by atoms with van der Waals surface area (Å²) in [5.74, 6) is -0.786. The molecule has 4 nitrogen and oxygen atoms in total. The van der Waals surface area contributed by atoms with Gasteiger partial charge in [-0.15, -0.1) is 11.8 Å². The minimum Gasteiger partial charge on any atom is -0.545 e. The van der Waals surface area contributed by atoms with Gasteiger partial charge in [-0.3, -0.25) is 10.7 Å². The summed E-state index contributed by atoms with van der Waals surface area (Å²) in [5, 5.41) is 10.2. The van der Waals surface area contributed by atoms with Crippen molar-refractivity contribution in [1.82, 2.24) is 0 Å². The third-order valence-electron chi connectivity index (χ3n) is 0.953. The van der Waals surface area contributed by atoms with Gasteiger partial charge in [0.1, 0.15) is 0 Å². The van der Waals surface area contributed by atoms with E-state index >= 15 is 0 Å². The van der Waals surface area contributed by atoms with E-state index < -0.39 is 11.0 Å². The van der Waals surface area contributed by atoms with E-state index in [-0.39, 0.29) is 0 Å². The summed E-state index contributed by atoms with van der Waals surface area (Å²) in [6.07, 6.45) is 1.47. The Kier molecular flexibility index (Phi) is 1.46. The monoisotopic (exact) mass is 145 g/mol. The highest BCUT2D eigenvalue weighted by Crippen LogP contribution is 2.23. The van der Waals surface area contributed by atoms with Crippen LogP contribution in [0, 0.1) is 0 Å². The second-order valence-electron chi connectivity index (χ2n) is 1.61. The van der Waals surface area contributed by atoms with E-state index in [2.05, 4.69) is 4.99 Å². The maximum Gasteiger partial charge on any atom is 0.195 e. The van der Waals surface area contributed by atoms with Gasteiger partial charge in [0.25, 0.3) is 0 Å². The Morgan fingerprint density at radius 1 is 2.00 bits per heavy atom. The van der Waals surface area contributed by atoms with Crippen molar-refractivity contribution in [2.75, 3.05) is 5.75 Å². The third kappa shape index (κ3) is 1.06. The Bertz CT molecular complexity index is 170. The molecule has 1 heterocycles. The zero-order valence-electron chi connectivity index (χ0n) is 4.53. The molecule has 0 aromatic rings. The number of carboxylic acids is 1. The van der Waals surface area contributed by atoms with Gasteiger partial charge in [0.2, 0.25) is 0 Å². The average molecular weight is 145 g/mol. The average Bonchev–Trinajstić information content (AvgIpc) is 2.16. The Balaban J connectivity index is 2.74. The fraction of sp³-hybridized carbons (Fsp3) is 0.500. The molecule has 2 N–H and O–H groups in total. The molecule has 0 aliphatic carbocycles. The Morgan fingerprint density at radius 2 is 2.67 bits per heavy atom. The van der Waals surface area contributed by atoms with E-state index in [4.69, 9.17) is 5.73 Å². The second-order valence-corrected chi connectivity index (χ2v) is 2.85. The number of carbonyl (C=O) groups excluding carboxylic acids is 1. The topological polar surface area (TPSA) is 78.5 Å². The van der Waals surface area contributed by atoms with Gasteiger partial charge < -0.3 is 9.90 Å². The number of nitrogens with two attached hydrogens (primary N) is 1. The summed E-state index contributed by atoms with van der Waals surface area (Å²) in [6, 6.07) is 0. The van der Waals surface area contributed by atoms with Crippen molar-refractivity contribution in [2.24, 2.45) is 10.7 Å². The molecule has 0 radical (unpaired) electrons. The first kappa shape index (κ1) is 6.57. The first-order chi connectivity index (χ1) is 4.15. The Labute approximate surface area is 56.1 Å². The van der Waals surface area contributed by atoms with E-state index in [0.717, 1.165) is 11.8 Å². The molecule has 5 heteroatoms. The highest BCUT2D eigenvalue weighted by atomic mass is 32.2. The van der Waals surface area contributed by atoms with E-state index in [1.165, 1.54) is 6.21 Å². The maximum absolute atomic E-state index is 10.2. The third-order valence-corrected chi connectivity index (χ3v) is 1.98. The largest absolute Gasteiger partial charge is 0.545 e. The van der Waals surface area contributed by atoms with Crippen LogP contribution in [-0.2, 0) is 4.79 Å². The number of aliphatic imine (C=N–C) groups is 1. The van der Waals surface area contributed by atoms with Crippen LogP contribution in [0.25, 0.3) is 0 Å². The van der Waals surface area contributed by atoms with Crippen molar-refractivity contribution >= 4 is 23.9 Å². The molecular weight excluding hydrogens is 140 g/mol. The zero-order chi connectivity index (χ0) is 6.91. The highest BCUT2D eigenvalue weighted by molar-refractivity contribution is 8.02. The van der Waals surface area contributed by atoms with Crippen LogP contribution in [-0.4, -0.2) is 22.9 Å². The summed E-state index contributed by atoms with van der Waals surface area (Å²) in [4.78, 5) is 12.2. The van der Waals surface area contributed by atoms with Gasteiger partial charge in [0.05, 0.1) is 5.97 Å². The van der Waals surface area contributed by atoms with Crippen LogP contribution >= 0.6 is 11.8 Å². The summed E-state index contributed by atoms with van der Waals surface area (Å²) in [6.45, 7) is 0. The van der Waals surface area contributed by atoms with Crippen molar-refractivity contribution in [3.05, 3.63) is 0 Å². The van der Waals surface area contributed by atoms with Gasteiger partial charge in [-0.05, 0) is 0 Å². The molecule has 0 saturated carbocycles. The van der Waals surface area contributed by atoms with Crippen LogP contribution in [0.4, 0.5) is 0 Å². The molecule has 1 atom stereocenters. The maximum atomic E-state index is 10.2. The number of carbonyl (C=O) groups is 1. The smallest absolute Gasteiger partial charge is 0.195 e. The molecule has 0 spiro atoms. The van der Waals surface area contributed by atoms with E-state index in [1.54, 1.807) is 0 Å². The molecule has 0 bridgehead atoms.